The molecule has 0 aliphatic heterocycles. The summed E-state index contributed by atoms with van der Waals surface area (Å²) in [6, 6.07) is 14.3. The largest absolute Gasteiger partial charge is 0.496 e. The summed E-state index contributed by atoms with van der Waals surface area (Å²) in [6.07, 6.45) is 3.48. The zero-order valence-corrected chi connectivity index (χ0v) is 17.8. The molecular weight excluding hydrogens is 362 g/mol. The molecule has 0 fully saturated rings. The molecule has 4 heteroatoms. The summed E-state index contributed by atoms with van der Waals surface area (Å²) in [5.41, 5.74) is 4.94. The lowest BCUT2D eigenvalue weighted by Gasteiger charge is -2.14. The number of aryl methyl sites for hydroxylation is 3. The van der Waals surface area contributed by atoms with Crippen molar-refractivity contribution in [3.05, 3.63) is 71.0 Å². The van der Waals surface area contributed by atoms with Crippen LogP contribution in [0, 0.1) is 13.8 Å². The standard InChI is InChI=1S/C25H29NO3/c1-16(13-25(27)26-17(2)11-12-20-9-7-6-8-10-20)21-14-22-18(3)19(4)29-24(22)15-23(21)28-5/h6-10,13-15,17H,11-12H2,1-5H3,(H,26,27)/b16-13+. The molecule has 1 heterocycles. The van der Waals surface area contributed by atoms with Crippen LogP contribution in [0.1, 0.15) is 42.7 Å². The molecule has 0 aliphatic rings. The zero-order chi connectivity index (χ0) is 21.0. The minimum absolute atomic E-state index is 0.0923. The fraction of sp³-hybridized carbons (Fsp3) is 0.320. The molecule has 0 saturated carbocycles. The number of allylic oxidation sites excluding steroid dienone is 1. The molecule has 1 atom stereocenters. The fourth-order valence-corrected chi connectivity index (χ4v) is 3.51. The van der Waals surface area contributed by atoms with Gasteiger partial charge in [0.1, 0.15) is 17.1 Å². The third-order valence-corrected chi connectivity index (χ3v) is 5.37. The van der Waals surface area contributed by atoms with Crippen LogP contribution in [-0.2, 0) is 11.2 Å². The minimum atomic E-state index is -0.0923. The molecule has 4 nitrogen and oxygen atoms in total. The minimum Gasteiger partial charge on any atom is -0.496 e. The predicted octanol–water partition coefficient (Wildman–Crippen LogP) is 5.60. The molecular formula is C25H29NO3. The number of rotatable bonds is 7. The van der Waals surface area contributed by atoms with Crippen molar-refractivity contribution in [3.8, 4) is 5.75 Å². The van der Waals surface area contributed by atoms with E-state index in [-0.39, 0.29) is 11.9 Å². The first-order chi connectivity index (χ1) is 13.9. The number of ether oxygens (including phenoxy) is 1. The molecule has 1 N–H and O–H groups in total. The average Bonchev–Trinajstić information content (AvgIpc) is 2.99. The Hall–Kier alpha value is -3.01. The molecule has 0 spiro atoms. The molecule has 0 saturated heterocycles. The van der Waals surface area contributed by atoms with E-state index in [0.29, 0.717) is 5.75 Å². The maximum Gasteiger partial charge on any atom is 0.244 e. The highest BCUT2D eigenvalue weighted by molar-refractivity contribution is 5.97. The highest BCUT2D eigenvalue weighted by Gasteiger charge is 2.14. The average molecular weight is 392 g/mol. The predicted molar refractivity (Wildman–Crippen MR) is 118 cm³/mol. The van der Waals surface area contributed by atoms with E-state index in [0.717, 1.165) is 46.3 Å². The molecule has 1 aromatic heterocycles. The quantitative estimate of drug-likeness (QED) is 0.534. The Morgan fingerprint density at radius 2 is 1.93 bits per heavy atom. The Kier molecular flexibility index (Phi) is 6.42. The molecule has 0 radical (unpaired) electrons. The number of fused-ring (bicyclic) bond motifs is 1. The maximum absolute atomic E-state index is 12.5. The van der Waals surface area contributed by atoms with Crippen molar-refractivity contribution < 1.29 is 13.9 Å². The molecule has 1 amide bonds. The number of nitrogens with one attached hydrogen (secondary N) is 1. The number of carbonyl (C=O) groups excluding carboxylic acids is 1. The van der Waals surface area contributed by atoms with Crippen LogP contribution in [0.4, 0.5) is 0 Å². The van der Waals surface area contributed by atoms with Gasteiger partial charge in [-0.2, -0.15) is 0 Å². The summed E-state index contributed by atoms with van der Waals surface area (Å²) >= 11 is 0. The van der Waals surface area contributed by atoms with Crippen molar-refractivity contribution in [2.75, 3.05) is 7.11 Å². The third kappa shape index (κ3) is 4.89. The van der Waals surface area contributed by atoms with E-state index in [1.54, 1.807) is 13.2 Å². The van der Waals surface area contributed by atoms with Crippen molar-refractivity contribution in [2.45, 2.75) is 46.6 Å². The molecule has 3 rings (SSSR count). The molecule has 152 valence electrons. The van der Waals surface area contributed by atoms with Gasteiger partial charge < -0.3 is 14.5 Å². The first kappa shape index (κ1) is 20.7. The van der Waals surface area contributed by atoms with Crippen LogP contribution in [0.25, 0.3) is 16.5 Å². The van der Waals surface area contributed by atoms with E-state index >= 15 is 0 Å². The van der Waals surface area contributed by atoms with Gasteiger partial charge in [0, 0.05) is 29.1 Å². The highest BCUT2D eigenvalue weighted by atomic mass is 16.5. The number of furan rings is 1. The number of hydrogen-bond donors (Lipinski definition) is 1. The third-order valence-electron chi connectivity index (χ3n) is 5.37. The van der Waals surface area contributed by atoms with Crippen molar-refractivity contribution in [1.29, 1.82) is 0 Å². The first-order valence-electron chi connectivity index (χ1n) is 10.00. The van der Waals surface area contributed by atoms with E-state index in [1.807, 2.05) is 58.0 Å². The van der Waals surface area contributed by atoms with Gasteiger partial charge in [-0.3, -0.25) is 4.79 Å². The molecule has 3 aromatic rings. The van der Waals surface area contributed by atoms with Crippen LogP contribution in [0.3, 0.4) is 0 Å². The number of methoxy groups -OCH3 is 1. The monoisotopic (exact) mass is 391 g/mol. The van der Waals surface area contributed by atoms with Crippen LogP contribution in [-0.4, -0.2) is 19.1 Å². The van der Waals surface area contributed by atoms with Gasteiger partial charge in [-0.15, -0.1) is 0 Å². The molecule has 0 bridgehead atoms. The normalized spacial score (nSPS) is 12.8. The molecule has 1 unspecified atom stereocenters. The summed E-state index contributed by atoms with van der Waals surface area (Å²) in [5, 5.41) is 4.11. The van der Waals surface area contributed by atoms with Crippen LogP contribution in [0.15, 0.2) is 53.0 Å². The van der Waals surface area contributed by atoms with Gasteiger partial charge in [-0.1, -0.05) is 30.3 Å². The van der Waals surface area contributed by atoms with E-state index in [1.165, 1.54) is 5.56 Å². The Morgan fingerprint density at radius 1 is 1.21 bits per heavy atom. The van der Waals surface area contributed by atoms with Crippen LogP contribution < -0.4 is 10.1 Å². The van der Waals surface area contributed by atoms with Gasteiger partial charge in [0.25, 0.3) is 0 Å². The van der Waals surface area contributed by atoms with Crippen molar-refractivity contribution in [3.63, 3.8) is 0 Å². The number of carbonyl (C=O) groups is 1. The number of benzene rings is 2. The maximum atomic E-state index is 12.5. The SMILES string of the molecule is COc1cc2oc(C)c(C)c2cc1/C(C)=C/C(=O)NC(C)CCc1ccccc1. The van der Waals surface area contributed by atoms with Gasteiger partial charge in [0.2, 0.25) is 5.91 Å². The summed E-state index contributed by atoms with van der Waals surface area (Å²) in [5.74, 6) is 1.50. The van der Waals surface area contributed by atoms with E-state index in [9.17, 15) is 4.79 Å². The highest BCUT2D eigenvalue weighted by Crippen LogP contribution is 2.34. The van der Waals surface area contributed by atoms with Gasteiger partial charge in [0.05, 0.1) is 7.11 Å². The van der Waals surface area contributed by atoms with Gasteiger partial charge in [-0.25, -0.2) is 0 Å². The Morgan fingerprint density at radius 3 is 2.62 bits per heavy atom. The van der Waals surface area contributed by atoms with Crippen LogP contribution >= 0.6 is 0 Å². The summed E-state index contributed by atoms with van der Waals surface area (Å²) in [7, 11) is 1.63. The lowest BCUT2D eigenvalue weighted by Crippen LogP contribution is -2.31. The lowest BCUT2D eigenvalue weighted by atomic mass is 10.0. The second-order valence-corrected chi connectivity index (χ2v) is 7.59. The second kappa shape index (κ2) is 8.99. The summed E-state index contributed by atoms with van der Waals surface area (Å²) < 4.78 is 11.3. The van der Waals surface area contributed by atoms with Gasteiger partial charge in [0.15, 0.2) is 0 Å². The number of hydrogen-bond acceptors (Lipinski definition) is 3. The Bertz CT molecular complexity index is 1030. The van der Waals surface area contributed by atoms with Crippen LogP contribution in [0.5, 0.6) is 5.75 Å². The Balaban J connectivity index is 1.72. The van der Waals surface area contributed by atoms with Gasteiger partial charge >= 0.3 is 0 Å². The Labute approximate surface area is 172 Å². The topological polar surface area (TPSA) is 51.5 Å². The molecule has 29 heavy (non-hydrogen) atoms. The molecule has 2 aromatic carbocycles. The van der Waals surface area contributed by atoms with E-state index in [2.05, 4.69) is 17.4 Å². The fourth-order valence-electron chi connectivity index (χ4n) is 3.51. The summed E-state index contributed by atoms with van der Waals surface area (Å²) in [6.45, 7) is 7.96. The van der Waals surface area contributed by atoms with Crippen LogP contribution in [0.2, 0.25) is 0 Å². The van der Waals surface area contributed by atoms with Crippen molar-refractivity contribution in [2.24, 2.45) is 0 Å². The van der Waals surface area contributed by atoms with Crippen molar-refractivity contribution in [1.82, 2.24) is 5.32 Å². The van der Waals surface area contributed by atoms with Gasteiger partial charge in [-0.05, 0) is 63.3 Å². The van der Waals surface area contributed by atoms with E-state index in [4.69, 9.17) is 9.15 Å². The number of amides is 1. The van der Waals surface area contributed by atoms with Crippen molar-refractivity contribution >= 4 is 22.4 Å². The zero-order valence-electron chi connectivity index (χ0n) is 17.8. The first-order valence-corrected chi connectivity index (χ1v) is 10.00. The second-order valence-electron chi connectivity index (χ2n) is 7.59. The smallest absolute Gasteiger partial charge is 0.244 e. The summed E-state index contributed by atoms with van der Waals surface area (Å²) in [4.78, 5) is 12.5. The van der Waals surface area contributed by atoms with E-state index < -0.39 is 0 Å². The lowest BCUT2D eigenvalue weighted by molar-refractivity contribution is -0.117. The molecule has 0 aliphatic carbocycles.